The molecular formula is C13H16ClNO2. The van der Waals surface area contributed by atoms with Crippen molar-refractivity contribution in [1.29, 1.82) is 0 Å². The van der Waals surface area contributed by atoms with Gasteiger partial charge >= 0.3 is 5.97 Å². The molecule has 1 aromatic carbocycles. The summed E-state index contributed by atoms with van der Waals surface area (Å²) in [6.07, 6.45) is 1.71. The van der Waals surface area contributed by atoms with Crippen LogP contribution >= 0.6 is 11.6 Å². The maximum atomic E-state index is 10.9. The zero-order valence-corrected chi connectivity index (χ0v) is 10.4. The quantitative estimate of drug-likeness (QED) is 0.868. The largest absolute Gasteiger partial charge is 0.481 e. The number of halogens is 1. The van der Waals surface area contributed by atoms with Crippen molar-refractivity contribution in [2.45, 2.75) is 31.8 Å². The molecule has 0 bridgehead atoms. The highest BCUT2D eigenvalue weighted by molar-refractivity contribution is 6.30. The molecule has 2 N–H and O–H groups in total. The Kier molecular flexibility index (Phi) is 3.69. The van der Waals surface area contributed by atoms with Crippen LogP contribution in [0.4, 0.5) is 0 Å². The Morgan fingerprint density at radius 3 is 2.82 bits per heavy atom. The normalized spacial score (nSPS) is 25.1. The van der Waals surface area contributed by atoms with Gasteiger partial charge < -0.3 is 10.4 Å². The zero-order chi connectivity index (χ0) is 12.4. The average molecular weight is 254 g/mol. The van der Waals surface area contributed by atoms with Gasteiger partial charge in [0.15, 0.2) is 0 Å². The fourth-order valence-electron chi connectivity index (χ4n) is 2.19. The standard InChI is InChI=1S/C13H16ClNO2/c1-8(9-3-2-4-10(14)7-9)15-12-6-5-11(12)13(16)17/h2-4,7-8,11-12,15H,5-6H2,1H3,(H,16,17). The Hall–Kier alpha value is -1.06. The van der Waals surface area contributed by atoms with Gasteiger partial charge in [0.25, 0.3) is 0 Å². The summed E-state index contributed by atoms with van der Waals surface area (Å²) in [6, 6.07) is 7.86. The molecule has 0 heterocycles. The molecule has 1 aliphatic carbocycles. The lowest BCUT2D eigenvalue weighted by molar-refractivity contribution is -0.146. The molecule has 3 atom stereocenters. The number of carboxylic acid groups (broad SMARTS) is 1. The van der Waals surface area contributed by atoms with Crippen LogP contribution in [0.15, 0.2) is 24.3 Å². The molecule has 92 valence electrons. The summed E-state index contributed by atoms with van der Waals surface area (Å²) >= 11 is 5.93. The van der Waals surface area contributed by atoms with Crippen LogP contribution in [0, 0.1) is 5.92 Å². The van der Waals surface area contributed by atoms with Gasteiger partial charge in [-0.2, -0.15) is 0 Å². The van der Waals surface area contributed by atoms with Crippen molar-refractivity contribution < 1.29 is 9.90 Å². The number of rotatable bonds is 4. The summed E-state index contributed by atoms with van der Waals surface area (Å²) in [5, 5.41) is 13.0. The number of aliphatic carboxylic acids is 1. The fourth-order valence-corrected chi connectivity index (χ4v) is 2.39. The van der Waals surface area contributed by atoms with Crippen molar-refractivity contribution in [1.82, 2.24) is 5.32 Å². The molecule has 0 spiro atoms. The molecule has 0 amide bonds. The Morgan fingerprint density at radius 1 is 1.53 bits per heavy atom. The van der Waals surface area contributed by atoms with Gasteiger partial charge in [-0.3, -0.25) is 4.79 Å². The molecule has 0 aromatic heterocycles. The van der Waals surface area contributed by atoms with Crippen LogP contribution in [0.5, 0.6) is 0 Å². The van der Waals surface area contributed by atoms with Crippen molar-refractivity contribution in [3.05, 3.63) is 34.9 Å². The van der Waals surface area contributed by atoms with Gasteiger partial charge in [0.2, 0.25) is 0 Å². The molecule has 1 fully saturated rings. The summed E-state index contributed by atoms with van der Waals surface area (Å²) in [7, 11) is 0. The van der Waals surface area contributed by atoms with E-state index in [-0.39, 0.29) is 18.0 Å². The number of nitrogens with one attached hydrogen (secondary N) is 1. The van der Waals surface area contributed by atoms with E-state index in [1.807, 2.05) is 31.2 Å². The molecule has 1 aliphatic rings. The molecule has 1 saturated carbocycles. The number of benzene rings is 1. The Labute approximate surface area is 106 Å². The SMILES string of the molecule is CC(NC1CCC1C(=O)O)c1cccc(Cl)c1. The van der Waals surface area contributed by atoms with Crippen molar-refractivity contribution in [3.8, 4) is 0 Å². The predicted octanol–water partition coefficient (Wildman–Crippen LogP) is 2.85. The lowest BCUT2D eigenvalue weighted by atomic mass is 9.79. The predicted molar refractivity (Wildman–Crippen MR) is 67.2 cm³/mol. The van der Waals surface area contributed by atoms with Gasteiger partial charge in [-0.1, -0.05) is 23.7 Å². The van der Waals surface area contributed by atoms with Gasteiger partial charge in [0, 0.05) is 17.1 Å². The van der Waals surface area contributed by atoms with E-state index in [4.69, 9.17) is 16.7 Å². The minimum atomic E-state index is -0.702. The number of carboxylic acids is 1. The number of hydrogen-bond acceptors (Lipinski definition) is 2. The van der Waals surface area contributed by atoms with Crippen LogP contribution in [0.3, 0.4) is 0 Å². The van der Waals surface area contributed by atoms with E-state index in [1.165, 1.54) is 0 Å². The third-order valence-electron chi connectivity index (χ3n) is 3.40. The molecule has 2 rings (SSSR count). The molecule has 17 heavy (non-hydrogen) atoms. The molecule has 0 radical (unpaired) electrons. The topological polar surface area (TPSA) is 49.3 Å². The highest BCUT2D eigenvalue weighted by Gasteiger charge is 2.37. The average Bonchev–Trinajstić information content (AvgIpc) is 2.23. The molecule has 4 heteroatoms. The summed E-state index contributed by atoms with van der Waals surface area (Å²) in [4.78, 5) is 10.9. The van der Waals surface area contributed by atoms with Gasteiger partial charge in [-0.15, -0.1) is 0 Å². The first kappa shape index (κ1) is 12.4. The van der Waals surface area contributed by atoms with Crippen LogP contribution < -0.4 is 5.32 Å². The van der Waals surface area contributed by atoms with E-state index >= 15 is 0 Å². The Bertz CT molecular complexity index is 422. The van der Waals surface area contributed by atoms with Gasteiger partial charge in [-0.05, 0) is 37.5 Å². The van der Waals surface area contributed by atoms with Gasteiger partial charge in [0.1, 0.15) is 0 Å². The molecule has 3 nitrogen and oxygen atoms in total. The first-order valence-electron chi connectivity index (χ1n) is 5.82. The van der Waals surface area contributed by atoms with E-state index < -0.39 is 5.97 Å². The molecule has 0 saturated heterocycles. The first-order valence-corrected chi connectivity index (χ1v) is 6.20. The third-order valence-corrected chi connectivity index (χ3v) is 3.64. The Balaban J connectivity index is 1.98. The number of carbonyl (C=O) groups is 1. The van der Waals surface area contributed by atoms with Crippen LogP contribution in [0.2, 0.25) is 5.02 Å². The first-order chi connectivity index (χ1) is 8.08. The van der Waals surface area contributed by atoms with Crippen molar-refractivity contribution >= 4 is 17.6 Å². The van der Waals surface area contributed by atoms with Gasteiger partial charge in [0.05, 0.1) is 5.92 Å². The summed E-state index contributed by atoms with van der Waals surface area (Å²) < 4.78 is 0. The summed E-state index contributed by atoms with van der Waals surface area (Å²) in [5.41, 5.74) is 1.09. The van der Waals surface area contributed by atoms with Crippen LogP contribution in [0.25, 0.3) is 0 Å². The highest BCUT2D eigenvalue weighted by Crippen LogP contribution is 2.30. The second kappa shape index (κ2) is 5.07. The van der Waals surface area contributed by atoms with Crippen molar-refractivity contribution in [3.63, 3.8) is 0 Å². The molecule has 1 aromatic rings. The summed E-state index contributed by atoms with van der Waals surface area (Å²) in [5.74, 6) is -0.941. The van der Waals surface area contributed by atoms with E-state index in [9.17, 15) is 4.79 Å². The van der Waals surface area contributed by atoms with Crippen LogP contribution in [-0.2, 0) is 4.79 Å². The zero-order valence-electron chi connectivity index (χ0n) is 9.69. The van der Waals surface area contributed by atoms with E-state index in [2.05, 4.69) is 5.32 Å². The monoisotopic (exact) mass is 253 g/mol. The second-order valence-corrected chi connectivity index (χ2v) is 5.01. The molecule has 3 unspecified atom stereocenters. The third kappa shape index (κ3) is 2.79. The number of hydrogen-bond donors (Lipinski definition) is 2. The van der Waals surface area contributed by atoms with E-state index in [0.717, 1.165) is 18.4 Å². The maximum Gasteiger partial charge on any atom is 0.308 e. The van der Waals surface area contributed by atoms with E-state index in [0.29, 0.717) is 5.02 Å². The van der Waals surface area contributed by atoms with Crippen LogP contribution in [0.1, 0.15) is 31.4 Å². The maximum absolute atomic E-state index is 10.9. The highest BCUT2D eigenvalue weighted by atomic mass is 35.5. The lowest BCUT2D eigenvalue weighted by Gasteiger charge is -2.36. The minimum Gasteiger partial charge on any atom is -0.481 e. The summed E-state index contributed by atoms with van der Waals surface area (Å²) in [6.45, 7) is 2.03. The van der Waals surface area contributed by atoms with Crippen molar-refractivity contribution in [2.75, 3.05) is 0 Å². The van der Waals surface area contributed by atoms with Gasteiger partial charge in [-0.25, -0.2) is 0 Å². The Morgan fingerprint density at radius 2 is 2.29 bits per heavy atom. The fraction of sp³-hybridized carbons (Fsp3) is 0.462. The van der Waals surface area contributed by atoms with Crippen LogP contribution in [-0.4, -0.2) is 17.1 Å². The smallest absolute Gasteiger partial charge is 0.308 e. The molecular weight excluding hydrogens is 238 g/mol. The minimum absolute atomic E-state index is 0.0847. The second-order valence-electron chi connectivity index (χ2n) is 4.57. The van der Waals surface area contributed by atoms with Crippen molar-refractivity contribution in [2.24, 2.45) is 5.92 Å². The molecule has 0 aliphatic heterocycles. The lowest BCUT2D eigenvalue weighted by Crippen LogP contribution is -2.48. The van der Waals surface area contributed by atoms with E-state index in [1.54, 1.807) is 0 Å².